The second kappa shape index (κ2) is 12.0. The number of nitrogens with zero attached hydrogens (tertiary/aromatic N) is 3. The number of pyridine rings is 1. The average Bonchev–Trinajstić information content (AvgIpc) is 3.22. The van der Waals surface area contributed by atoms with Crippen LogP contribution < -0.4 is 20.3 Å². The fraction of sp³-hybridized carbons (Fsp3) is 0.478. The van der Waals surface area contributed by atoms with Gasteiger partial charge in [0.1, 0.15) is 11.6 Å². The van der Waals surface area contributed by atoms with Crippen LogP contribution in [0.4, 0.5) is 5.82 Å². The fourth-order valence-electron chi connectivity index (χ4n) is 3.65. The van der Waals surface area contributed by atoms with Gasteiger partial charge in [-0.25, -0.2) is 4.98 Å². The van der Waals surface area contributed by atoms with Gasteiger partial charge in [0.2, 0.25) is 0 Å². The van der Waals surface area contributed by atoms with Gasteiger partial charge in [0.05, 0.1) is 6.10 Å². The molecule has 0 saturated heterocycles. The van der Waals surface area contributed by atoms with Crippen molar-refractivity contribution in [3.05, 3.63) is 53.2 Å². The van der Waals surface area contributed by atoms with E-state index in [1.165, 1.54) is 18.4 Å². The summed E-state index contributed by atoms with van der Waals surface area (Å²) in [5, 5.41) is 6.80. The van der Waals surface area contributed by atoms with Crippen LogP contribution in [0.25, 0.3) is 0 Å². The van der Waals surface area contributed by atoms with E-state index in [0.717, 1.165) is 41.5 Å². The molecule has 0 amide bonds. The van der Waals surface area contributed by atoms with Crippen LogP contribution in [0, 0.1) is 6.92 Å². The van der Waals surface area contributed by atoms with Crippen molar-refractivity contribution in [3.8, 4) is 5.75 Å². The molecule has 0 bridgehead atoms. The zero-order valence-electron chi connectivity index (χ0n) is 18.4. The molecule has 7 heteroatoms. The summed E-state index contributed by atoms with van der Waals surface area (Å²) in [6, 6.07) is 10.5. The molecule has 1 fully saturated rings. The molecule has 2 N–H and O–H groups in total. The Morgan fingerprint density at radius 3 is 2.50 bits per heavy atom. The number of aryl methyl sites for hydroxylation is 1. The van der Waals surface area contributed by atoms with Crippen molar-refractivity contribution in [1.82, 2.24) is 15.6 Å². The Labute approximate surface area is 197 Å². The van der Waals surface area contributed by atoms with Crippen LogP contribution in [0.1, 0.15) is 42.4 Å². The number of hydrogen-bond acceptors (Lipinski definition) is 4. The van der Waals surface area contributed by atoms with E-state index in [1.807, 2.05) is 31.3 Å². The van der Waals surface area contributed by atoms with Crippen LogP contribution in [0.5, 0.6) is 5.75 Å². The van der Waals surface area contributed by atoms with Crippen molar-refractivity contribution in [2.45, 2.75) is 51.8 Å². The zero-order valence-corrected chi connectivity index (χ0v) is 20.8. The first-order chi connectivity index (χ1) is 14.1. The lowest BCUT2D eigenvalue weighted by Gasteiger charge is -2.19. The predicted molar refractivity (Wildman–Crippen MR) is 135 cm³/mol. The lowest BCUT2D eigenvalue weighted by atomic mass is 10.1. The van der Waals surface area contributed by atoms with Gasteiger partial charge in [-0.3, -0.25) is 4.99 Å². The summed E-state index contributed by atoms with van der Waals surface area (Å²) in [6.07, 6.45) is 7.01. The number of hydrogen-bond donors (Lipinski definition) is 2. The maximum atomic E-state index is 6.31. The lowest BCUT2D eigenvalue weighted by molar-refractivity contribution is 0.207. The maximum Gasteiger partial charge on any atom is 0.191 e. The van der Waals surface area contributed by atoms with Gasteiger partial charge >= 0.3 is 0 Å². The van der Waals surface area contributed by atoms with Crippen LogP contribution >= 0.6 is 24.0 Å². The largest absolute Gasteiger partial charge is 0.490 e. The minimum absolute atomic E-state index is 0. The number of guanidine groups is 1. The molecule has 1 aromatic heterocycles. The molecule has 3 rings (SSSR count). The number of benzene rings is 1. The Balaban J connectivity index is 0.00000320. The molecule has 1 heterocycles. The summed E-state index contributed by atoms with van der Waals surface area (Å²) in [5.41, 5.74) is 3.50. The van der Waals surface area contributed by atoms with Gasteiger partial charge < -0.3 is 20.3 Å². The van der Waals surface area contributed by atoms with Gasteiger partial charge in [-0.2, -0.15) is 0 Å². The minimum Gasteiger partial charge on any atom is -0.490 e. The lowest BCUT2D eigenvalue weighted by Crippen LogP contribution is -2.36. The van der Waals surface area contributed by atoms with Crippen LogP contribution in [-0.4, -0.2) is 38.2 Å². The summed E-state index contributed by atoms with van der Waals surface area (Å²) >= 11 is 0. The van der Waals surface area contributed by atoms with Gasteiger partial charge in [-0.05, 0) is 50.3 Å². The molecule has 2 aromatic rings. The van der Waals surface area contributed by atoms with E-state index in [1.54, 1.807) is 7.05 Å². The zero-order chi connectivity index (χ0) is 20.6. The number of rotatable bonds is 7. The quantitative estimate of drug-likeness (QED) is 0.323. The molecular weight excluding hydrogens is 489 g/mol. The first-order valence-electron chi connectivity index (χ1n) is 10.4. The molecule has 0 atom stereocenters. The summed E-state index contributed by atoms with van der Waals surface area (Å²) in [7, 11) is 5.79. The molecule has 0 unspecified atom stereocenters. The number of aliphatic imine (C=N–C) groups is 1. The Hall–Kier alpha value is -2.03. The molecule has 30 heavy (non-hydrogen) atoms. The van der Waals surface area contributed by atoms with Crippen molar-refractivity contribution < 1.29 is 4.74 Å². The van der Waals surface area contributed by atoms with Crippen LogP contribution in [0.15, 0.2) is 41.5 Å². The van der Waals surface area contributed by atoms with Gasteiger partial charge in [-0.1, -0.05) is 18.2 Å². The molecule has 164 valence electrons. The van der Waals surface area contributed by atoms with Gasteiger partial charge in [-0.15, -0.1) is 24.0 Å². The molecule has 1 aliphatic carbocycles. The SMILES string of the molecule is CN=C(NCc1ccc(C)cc1OC1CCCC1)NCc1cccnc1N(C)C.I. The Bertz CT molecular complexity index is 834. The third kappa shape index (κ3) is 6.75. The van der Waals surface area contributed by atoms with E-state index in [4.69, 9.17) is 4.74 Å². The van der Waals surface area contributed by atoms with Gasteiger partial charge in [0, 0.05) is 51.6 Å². The van der Waals surface area contributed by atoms with E-state index in [9.17, 15) is 0 Å². The first-order valence-corrected chi connectivity index (χ1v) is 10.4. The highest BCUT2D eigenvalue weighted by molar-refractivity contribution is 14.0. The Morgan fingerprint density at radius 2 is 1.83 bits per heavy atom. The fourth-order valence-corrected chi connectivity index (χ4v) is 3.65. The summed E-state index contributed by atoms with van der Waals surface area (Å²) < 4.78 is 6.31. The average molecular weight is 523 g/mol. The van der Waals surface area contributed by atoms with Crippen LogP contribution in [0.2, 0.25) is 0 Å². The number of aromatic nitrogens is 1. The normalized spacial score (nSPS) is 14.2. The molecule has 1 aromatic carbocycles. The predicted octanol–water partition coefficient (Wildman–Crippen LogP) is 4.26. The standard InChI is InChI=1S/C23H33N5O.HI/c1-17-11-12-18(21(14-17)29-20-9-5-6-10-20)15-26-23(24-2)27-16-19-8-7-13-25-22(19)28(3)4;/h7-8,11-14,20H,5-6,9-10,15-16H2,1-4H3,(H2,24,26,27);1H. The monoisotopic (exact) mass is 523 g/mol. The van der Waals surface area contributed by atoms with E-state index in [-0.39, 0.29) is 24.0 Å². The smallest absolute Gasteiger partial charge is 0.191 e. The van der Waals surface area contributed by atoms with Gasteiger partial charge in [0.15, 0.2) is 5.96 Å². The van der Waals surface area contributed by atoms with Crippen LogP contribution in [-0.2, 0) is 13.1 Å². The van der Waals surface area contributed by atoms with E-state index >= 15 is 0 Å². The van der Waals surface area contributed by atoms with Crippen molar-refractivity contribution in [1.29, 1.82) is 0 Å². The number of ether oxygens (including phenoxy) is 1. The highest BCUT2D eigenvalue weighted by Gasteiger charge is 2.18. The topological polar surface area (TPSA) is 61.8 Å². The van der Waals surface area contributed by atoms with Crippen LogP contribution in [0.3, 0.4) is 0 Å². The highest BCUT2D eigenvalue weighted by Crippen LogP contribution is 2.27. The Kier molecular flexibility index (Phi) is 9.68. The molecule has 1 saturated carbocycles. The van der Waals surface area contributed by atoms with Gasteiger partial charge in [0.25, 0.3) is 0 Å². The van der Waals surface area contributed by atoms with Crippen molar-refractivity contribution in [2.24, 2.45) is 4.99 Å². The van der Waals surface area contributed by atoms with E-state index < -0.39 is 0 Å². The molecule has 0 aliphatic heterocycles. The third-order valence-corrected chi connectivity index (χ3v) is 5.23. The molecule has 6 nitrogen and oxygen atoms in total. The molecular formula is C23H34IN5O. The first kappa shape index (κ1) is 24.2. The number of nitrogens with one attached hydrogen (secondary N) is 2. The molecule has 1 aliphatic rings. The number of halogens is 1. The molecule has 0 radical (unpaired) electrons. The minimum atomic E-state index is 0. The van der Waals surface area contributed by atoms with Crippen molar-refractivity contribution in [3.63, 3.8) is 0 Å². The summed E-state index contributed by atoms with van der Waals surface area (Å²) in [4.78, 5) is 10.8. The summed E-state index contributed by atoms with van der Waals surface area (Å²) in [6.45, 7) is 3.42. The van der Waals surface area contributed by atoms with E-state index in [0.29, 0.717) is 19.2 Å². The maximum absolute atomic E-state index is 6.31. The second-order valence-corrected chi connectivity index (χ2v) is 7.80. The molecule has 0 spiro atoms. The Morgan fingerprint density at radius 1 is 1.13 bits per heavy atom. The highest BCUT2D eigenvalue weighted by atomic mass is 127. The van der Waals surface area contributed by atoms with Crippen molar-refractivity contribution in [2.75, 3.05) is 26.0 Å². The van der Waals surface area contributed by atoms with E-state index in [2.05, 4.69) is 51.8 Å². The number of anilines is 1. The third-order valence-electron chi connectivity index (χ3n) is 5.23. The van der Waals surface area contributed by atoms with Crippen molar-refractivity contribution >= 4 is 35.8 Å². The summed E-state index contributed by atoms with van der Waals surface area (Å²) in [5.74, 6) is 2.70. The second-order valence-electron chi connectivity index (χ2n) is 7.80.